The lowest BCUT2D eigenvalue weighted by Gasteiger charge is -2.31. The van der Waals surface area contributed by atoms with Crippen molar-refractivity contribution in [3.8, 4) is 5.75 Å². The van der Waals surface area contributed by atoms with Crippen LogP contribution >= 0.6 is 0 Å². The van der Waals surface area contributed by atoms with Crippen LogP contribution in [0.3, 0.4) is 0 Å². The summed E-state index contributed by atoms with van der Waals surface area (Å²) in [6.07, 6.45) is 2.84. The number of methoxy groups -OCH3 is 1. The normalized spacial score (nSPS) is 12.2. The first-order valence-corrected chi connectivity index (χ1v) is 14.1. The third-order valence-corrected chi connectivity index (χ3v) is 7.18. The third kappa shape index (κ3) is 8.26. The second-order valence-corrected chi connectivity index (χ2v) is 11.1. The van der Waals surface area contributed by atoms with Gasteiger partial charge in [-0.2, -0.15) is 0 Å². The molecule has 0 radical (unpaired) electrons. The van der Waals surface area contributed by atoms with E-state index in [1.165, 1.54) is 4.90 Å². The smallest absolute Gasteiger partial charge is 0.244 e. The maximum atomic E-state index is 13.6. The molecule has 0 fully saturated rings. The SMILES string of the molecule is CCCCNC(=O)C(C)N(Cc1ccc(OC)cc1)C(=O)CN(c1ccc(C(C)C)cc1)S(C)(=O)=O. The molecule has 0 saturated carbocycles. The topological polar surface area (TPSA) is 96.0 Å². The van der Waals surface area contributed by atoms with Crippen molar-refractivity contribution in [3.05, 3.63) is 59.7 Å². The van der Waals surface area contributed by atoms with E-state index in [9.17, 15) is 18.0 Å². The van der Waals surface area contributed by atoms with Crippen LogP contribution in [0.2, 0.25) is 0 Å². The molecule has 0 spiro atoms. The van der Waals surface area contributed by atoms with Gasteiger partial charge in [-0.15, -0.1) is 0 Å². The number of carbonyl (C=O) groups is 2. The van der Waals surface area contributed by atoms with Crippen molar-refractivity contribution in [2.45, 2.75) is 59.0 Å². The molecular weight excluding hydrogens is 478 g/mol. The Hall–Kier alpha value is -3.07. The molecule has 2 aromatic carbocycles. The van der Waals surface area contributed by atoms with Crippen LogP contribution in [0.5, 0.6) is 5.75 Å². The van der Waals surface area contributed by atoms with Gasteiger partial charge in [0.15, 0.2) is 0 Å². The van der Waals surface area contributed by atoms with Crippen LogP contribution < -0.4 is 14.4 Å². The van der Waals surface area contributed by atoms with Crippen molar-refractivity contribution in [2.75, 3.05) is 30.8 Å². The predicted octanol–water partition coefficient (Wildman–Crippen LogP) is 3.92. The molecule has 2 amide bonds. The van der Waals surface area contributed by atoms with Crippen molar-refractivity contribution in [2.24, 2.45) is 0 Å². The minimum atomic E-state index is -3.76. The van der Waals surface area contributed by atoms with Gasteiger partial charge in [0.2, 0.25) is 21.8 Å². The fourth-order valence-corrected chi connectivity index (χ4v) is 4.54. The molecule has 36 heavy (non-hydrogen) atoms. The molecule has 0 aliphatic rings. The Balaban J connectivity index is 2.34. The number of amides is 2. The average molecular weight is 518 g/mol. The summed E-state index contributed by atoms with van der Waals surface area (Å²) < 4.78 is 31.6. The number of rotatable bonds is 13. The highest BCUT2D eigenvalue weighted by Crippen LogP contribution is 2.23. The first-order chi connectivity index (χ1) is 17.0. The third-order valence-electron chi connectivity index (χ3n) is 6.04. The Bertz CT molecular complexity index is 1100. The van der Waals surface area contributed by atoms with Crippen molar-refractivity contribution >= 4 is 27.5 Å². The summed E-state index contributed by atoms with van der Waals surface area (Å²) in [6.45, 7) is 8.04. The number of sulfonamides is 1. The number of benzene rings is 2. The summed E-state index contributed by atoms with van der Waals surface area (Å²) >= 11 is 0. The van der Waals surface area contributed by atoms with Crippen molar-refractivity contribution in [3.63, 3.8) is 0 Å². The van der Waals surface area contributed by atoms with Crippen LogP contribution in [0, 0.1) is 0 Å². The zero-order valence-electron chi connectivity index (χ0n) is 22.2. The molecule has 0 aliphatic carbocycles. The number of anilines is 1. The molecule has 0 aromatic heterocycles. The van der Waals surface area contributed by atoms with E-state index in [0.717, 1.165) is 34.5 Å². The molecular formula is C27H39N3O5S. The minimum absolute atomic E-state index is 0.148. The molecule has 1 unspecified atom stereocenters. The maximum absolute atomic E-state index is 13.6. The van der Waals surface area contributed by atoms with Gasteiger partial charge in [0, 0.05) is 13.1 Å². The van der Waals surface area contributed by atoms with E-state index < -0.39 is 28.5 Å². The van der Waals surface area contributed by atoms with Gasteiger partial charge >= 0.3 is 0 Å². The molecule has 0 bridgehead atoms. The van der Waals surface area contributed by atoms with E-state index in [0.29, 0.717) is 23.9 Å². The standard InChI is InChI=1S/C27H39N3O5S/c1-7-8-17-28-27(32)21(4)29(18-22-9-15-25(35-5)16-10-22)26(31)19-30(36(6,33)34)24-13-11-23(12-14-24)20(2)3/h9-16,20-21H,7-8,17-19H2,1-6H3,(H,28,32). The Labute approximate surface area is 215 Å². The summed E-state index contributed by atoms with van der Waals surface area (Å²) in [7, 11) is -2.19. The number of nitrogens with zero attached hydrogens (tertiary/aromatic N) is 2. The largest absolute Gasteiger partial charge is 0.497 e. The van der Waals surface area contributed by atoms with Crippen molar-refractivity contribution in [1.29, 1.82) is 0 Å². The molecule has 9 heteroatoms. The number of carbonyl (C=O) groups excluding carboxylic acids is 2. The van der Waals surface area contributed by atoms with E-state index in [4.69, 9.17) is 4.74 Å². The van der Waals surface area contributed by atoms with Crippen molar-refractivity contribution in [1.82, 2.24) is 10.2 Å². The first-order valence-electron chi connectivity index (χ1n) is 12.3. The summed E-state index contributed by atoms with van der Waals surface area (Å²) in [6, 6.07) is 13.5. The van der Waals surface area contributed by atoms with E-state index in [1.807, 2.05) is 31.2 Å². The maximum Gasteiger partial charge on any atom is 0.244 e. The second kappa shape index (κ2) is 13.3. The molecule has 198 valence electrons. The zero-order valence-corrected chi connectivity index (χ0v) is 23.0. The first kappa shape index (κ1) is 29.2. The highest BCUT2D eigenvalue weighted by atomic mass is 32.2. The van der Waals surface area contributed by atoms with Gasteiger partial charge in [0.25, 0.3) is 0 Å². The number of nitrogens with one attached hydrogen (secondary N) is 1. The van der Waals surface area contributed by atoms with Crippen LogP contribution in [0.25, 0.3) is 0 Å². The Morgan fingerprint density at radius 3 is 2.11 bits per heavy atom. The quantitative estimate of drug-likeness (QED) is 0.406. The molecule has 0 aliphatic heterocycles. The number of ether oxygens (including phenoxy) is 1. The zero-order chi connectivity index (χ0) is 26.9. The molecule has 2 aromatic rings. The summed E-state index contributed by atoms with van der Waals surface area (Å²) in [5.74, 6) is 0.217. The Morgan fingerprint density at radius 2 is 1.61 bits per heavy atom. The van der Waals surface area contributed by atoms with Crippen LogP contribution in [0.4, 0.5) is 5.69 Å². The number of hydrogen-bond donors (Lipinski definition) is 1. The second-order valence-electron chi connectivity index (χ2n) is 9.21. The van der Waals surface area contributed by atoms with E-state index >= 15 is 0 Å². The molecule has 8 nitrogen and oxygen atoms in total. The van der Waals surface area contributed by atoms with Crippen LogP contribution in [-0.4, -0.2) is 57.6 Å². The number of hydrogen-bond acceptors (Lipinski definition) is 5. The Kier molecular flexibility index (Phi) is 10.8. The van der Waals surface area contributed by atoms with Crippen LogP contribution in [0.1, 0.15) is 57.6 Å². The molecule has 2 rings (SSSR count). The van der Waals surface area contributed by atoms with Crippen LogP contribution in [-0.2, 0) is 26.2 Å². The fourth-order valence-electron chi connectivity index (χ4n) is 3.69. The highest BCUT2D eigenvalue weighted by molar-refractivity contribution is 7.92. The van der Waals surface area contributed by atoms with Gasteiger partial charge in [-0.25, -0.2) is 8.42 Å². The van der Waals surface area contributed by atoms with Crippen LogP contribution in [0.15, 0.2) is 48.5 Å². The number of unbranched alkanes of at least 4 members (excludes halogenated alkanes) is 1. The monoisotopic (exact) mass is 517 g/mol. The van der Waals surface area contributed by atoms with Gasteiger partial charge in [-0.05, 0) is 54.7 Å². The summed E-state index contributed by atoms with van der Waals surface area (Å²) in [5, 5.41) is 2.87. The van der Waals surface area contributed by atoms with Gasteiger partial charge < -0.3 is 15.0 Å². The lowest BCUT2D eigenvalue weighted by Crippen LogP contribution is -2.51. The van der Waals surface area contributed by atoms with Gasteiger partial charge in [0.05, 0.1) is 19.1 Å². The highest BCUT2D eigenvalue weighted by Gasteiger charge is 2.30. The fraction of sp³-hybridized carbons (Fsp3) is 0.481. The summed E-state index contributed by atoms with van der Waals surface area (Å²) in [5.41, 5.74) is 2.27. The molecule has 1 atom stereocenters. The molecule has 0 heterocycles. The molecule has 1 N–H and O–H groups in total. The van der Waals surface area contributed by atoms with Gasteiger partial charge in [-0.3, -0.25) is 13.9 Å². The summed E-state index contributed by atoms with van der Waals surface area (Å²) in [4.78, 5) is 27.8. The average Bonchev–Trinajstić information content (AvgIpc) is 2.85. The molecule has 0 saturated heterocycles. The minimum Gasteiger partial charge on any atom is -0.497 e. The predicted molar refractivity (Wildman–Crippen MR) is 144 cm³/mol. The lowest BCUT2D eigenvalue weighted by molar-refractivity contribution is -0.139. The van der Waals surface area contributed by atoms with E-state index in [-0.39, 0.29) is 12.5 Å². The Morgan fingerprint density at radius 1 is 1.00 bits per heavy atom. The van der Waals surface area contributed by atoms with Crippen molar-refractivity contribution < 1.29 is 22.7 Å². The van der Waals surface area contributed by atoms with Gasteiger partial charge in [0.1, 0.15) is 18.3 Å². The van der Waals surface area contributed by atoms with Gasteiger partial charge in [-0.1, -0.05) is 51.5 Å². The van der Waals surface area contributed by atoms with E-state index in [1.54, 1.807) is 38.3 Å². The lowest BCUT2D eigenvalue weighted by atomic mass is 10.0. The van der Waals surface area contributed by atoms with E-state index in [2.05, 4.69) is 19.2 Å².